The van der Waals surface area contributed by atoms with Crippen molar-refractivity contribution >= 4 is 10.0 Å². The molecule has 0 saturated carbocycles. The van der Waals surface area contributed by atoms with E-state index < -0.39 is 10.0 Å². The molecule has 1 heterocycles. The molecule has 1 aliphatic heterocycles. The van der Waals surface area contributed by atoms with Gasteiger partial charge < -0.3 is 0 Å². The van der Waals surface area contributed by atoms with Crippen LogP contribution in [0.3, 0.4) is 0 Å². The fraction of sp³-hybridized carbons (Fsp3) is 0.571. The van der Waals surface area contributed by atoms with Crippen LogP contribution in [0.1, 0.15) is 19.4 Å². The van der Waals surface area contributed by atoms with Gasteiger partial charge in [-0.05, 0) is 45.5 Å². The number of hydrogen-bond acceptors (Lipinski definition) is 3. The van der Waals surface area contributed by atoms with Crippen LogP contribution < -0.4 is 0 Å². The lowest BCUT2D eigenvalue weighted by molar-refractivity contribution is 0.105. The van der Waals surface area contributed by atoms with E-state index >= 15 is 0 Å². The monoisotopic (exact) mass is 282 g/mol. The molecule has 0 amide bonds. The molecule has 106 valence electrons. The molecule has 4 nitrogen and oxygen atoms in total. The molecule has 5 heteroatoms. The SMILES string of the molecule is Cc1cccc(S(=O)(=O)N2CC(C)N(C)C(C)C2)c1. The predicted molar refractivity (Wildman–Crippen MR) is 76.6 cm³/mol. The van der Waals surface area contributed by atoms with Crippen LogP contribution in [0.2, 0.25) is 0 Å². The van der Waals surface area contributed by atoms with E-state index in [4.69, 9.17) is 0 Å². The van der Waals surface area contributed by atoms with Gasteiger partial charge in [0.25, 0.3) is 0 Å². The first-order valence-corrected chi connectivity index (χ1v) is 8.05. The van der Waals surface area contributed by atoms with Crippen molar-refractivity contribution in [3.05, 3.63) is 29.8 Å². The van der Waals surface area contributed by atoms with Crippen molar-refractivity contribution in [3.63, 3.8) is 0 Å². The zero-order valence-electron chi connectivity index (χ0n) is 12.0. The van der Waals surface area contributed by atoms with Crippen molar-refractivity contribution in [3.8, 4) is 0 Å². The standard InChI is InChI=1S/C14H22N2O2S/c1-11-6-5-7-14(8-11)19(17,18)16-9-12(2)15(4)13(3)10-16/h5-8,12-13H,9-10H2,1-4H3. The molecule has 19 heavy (non-hydrogen) atoms. The summed E-state index contributed by atoms with van der Waals surface area (Å²) in [5.74, 6) is 0. The van der Waals surface area contributed by atoms with Crippen molar-refractivity contribution in [2.45, 2.75) is 37.8 Å². The van der Waals surface area contributed by atoms with Gasteiger partial charge in [-0.1, -0.05) is 12.1 Å². The van der Waals surface area contributed by atoms with Gasteiger partial charge in [-0.25, -0.2) is 8.42 Å². The molecule has 0 radical (unpaired) electrons. The molecule has 1 saturated heterocycles. The Morgan fingerprint density at radius 3 is 2.26 bits per heavy atom. The molecule has 1 fully saturated rings. The molecule has 2 rings (SSSR count). The van der Waals surface area contributed by atoms with Crippen molar-refractivity contribution in [1.82, 2.24) is 9.21 Å². The first kappa shape index (κ1) is 14.5. The van der Waals surface area contributed by atoms with Gasteiger partial charge >= 0.3 is 0 Å². The third-order valence-corrected chi connectivity index (χ3v) is 5.78. The Labute approximate surface area is 116 Å². The van der Waals surface area contributed by atoms with Crippen molar-refractivity contribution < 1.29 is 8.42 Å². The summed E-state index contributed by atoms with van der Waals surface area (Å²) in [5, 5.41) is 0. The number of piperazine rings is 1. The van der Waals surface area contributed by atoms with Crippen LogP contribution in [0.4, 0.5) is 0 Å². The second kappa shape index (κ2) is 5.23. The highest BCUT2D eigenvalue weighted by Gasteiger charge is 2.34. The van der Waals surface area contributed by atoms with Crippen LogP contribution in [0.5, 0.6) is 0 Å². The maximum Gasteiger partial charge on any atom is 0.243 e. The molecular formula is C14H22N2O2S. The van der Waals surface area contributed by atoms with Crippen LogP contribution in [0.25, 0.3) is 0 Å². The summed E-state index contributed by atoms with van der Waals surface area (Å²) in [6.45, 7) is 7.14. The number of aryl methyl sites for hydroxylation is 1. The minimum Gasteiger partial charge on any atom is -0.298 e. The van der Waals surface area contributed by atoms with Crippen LogP contribution in [0, 0.1) is 6.92 Å². The van der Waals surface area contributed by atoms with Crippen molar-refractivity contribution in [2.75, 3.05) is 20.1 Å². The molecule has 0 bridgehead atoms. The Morgan fingerprint density at radius 1 is 1.16 bits per heavy atom. The number of sulfonamides is 1. The van der Waals surface area contributed by atoms with Crippen LogP contribution in [0.15, 0.2) is 29.2 Å². The highest BCUT2D eigenvalue weighted by atomic mass is 32.2. The summed E-state index contributed by atoms with van der Waals surface area (Å²) >= 11 is 0. The molecule has 0 aromatic heterocycles. The van der Waals surface area contributed by atoms with E-state index in [0.717, 1.165) is 5.56 Å². The normalized spacial score (nSPS) is 26.5. The van der Waals surface area contributed by atoms with Gasteiger partial charge in [-0.3, -0.25) is 4.90 Å². The van der Waals surface area contributed by atoms with E-state index in [9.17, 15) is 8.42 Å². The highest BCUT2D eigenvalue weighted by molar-refractivity contribution is 7.89. The maximum atomic E-state index is 12.6. The third-order valence-electron chi connectivity index (χ3n) is 3.95. The average molecular weight is 282 g/mol. The number of rotatable bonds is 2. The van der Waals surface area contributed by atoms with E-state index in [1.807, 2.05) is 20.0 Å². The van der Waals surface area contributed by atoms with Gasteiger partial charge in [-0.2, -0.15) is 4.31 Å². The Kier molecular flexibility index (Phi) is 3.99. The predicted octanol–water partition coefficient (Wildman–Crippen LogP) is 1.71. The number of hydrogen-bond donors (Lipinski definition) is 0. The van der Waals surface area contributed by atoms with Crippen LogP contribution >= 0.6 is 0 Å². The molecule has 1 aromatic carbocycles. The van der Waals surface area contributed by atoms with Gasteiger partial charge in [0.15, 0.2) is 0 Å². The van der Waals surface area contributed by atoms with E-state index in [0.29, 0.717) is 18.0 Å². The maximum absolute atomic E-state index is 12.6. The van der Waals surface area contributed by atoms with Gasteiger partial charge in [0.2, 0.25) is 10.0 Å². The van der Waals surface area contributed by atoms with Crippen LogP contribution in [-0.2, 0) is 10.0 Å². The van der Waals surface area contributed by atoms with Crippen LogP contribution in [-0.4, -0.2) is 49.8 Å². The zero-order chi connectivity index (χ0) is 14.2. The Hall–Kier alpha value is -0.910. The fourth-order valence-electron chi connectivity index (χ4n) is 2.48. The van der Waals surface area contributed by atoms with Crippen molar-refractivity contribution in [2.24, 2.45) is 0 Å². The highest BCUT2D eigenvalue weighted by Crippen LogP contribution is 2.22. The molecule has 1 aliphatic rings. The second-order valence-electron chi connectivity index (χ2n) is 5.50. The zero-order valence-corrected chi connectivity index (χ0v) is 12.8. The van der Waals surface area contributed by atoms with Gasteiger partial charge in [0, 0.05) is 25.2 Å². The van der Waals surface area contributed by atoms with E-state index in [-0.39, 0.29) is 12.1 Å². The quantitative estimate of drug-likeness (QED) is 0.829. The largest absolute Gasteiger partial charge is 0.298 e. The van der Waals surface area contributed by atoms with Gasteiger partial charge in [0.05, 0.1) is 4.90 Å². The molecule has 0 N–H and O–H groups in total. The van der Waals surface area contributed by atoms with Gasteiger partial charge in [-0.15, -0.1) is 0 Å². The third kappa shape index (κ3) is 2.83. The van der Waals surface area contributed by atoms with Gasteiger partial charge in [0.1, 0.15) is 0 Å². The Bertz CT molecular complexity index is 544. The minimum atomic E-state index is -3.37. The molecule has 2 unspecified atom stereocenters. The average Bonchev–Trinajstić information content (AvgIpc) is 2.35. The van der Waals surface area contributed by atoms with E-state index in [1.165, 1.54) is 0 Å². The number of nitrogens with zero attached hydrogens (tertiary/aromatic N) is 2. The summed E-state index contributed by atoms with van der Waals surface area (Å²) in [4.78, 5) is 2.62. The summed E-state index contributed by atoms with van der Waals surface area (Å²) in [5.41, 5.74) is 0.969. The molecule has 0 aliphatic carbocycles. The number of benzene rings is 1. The lowest BCUT2D eigenvalue weighted by atomic mass is 10.1. The molecular weight excluding hydrogens is 260 g/mol. The fourth-order valence-corrected chi connectivity index (χ4v) is 4.18. The lowest BCUT2D eigenvalue weighted by Gasteiger charge is -2.41. The summed E-state index contributed by atoms with van der Waals surface area (Å²) < 4.78 is 26.9. The van der Waals surface area contributed by atoms with E-state index in [2.05, 4.69) is 18.7 Å². The molecule has 1 aromatic rings. The summed E-state index contributed by atoms with van der Waals surface area (Å²) in [6, 6.07) is 7.60. The second-order valence-corrected chi connectivity index (χ2v) is 7.44. The summed E-state index contributed by atoms with van der Waals surface area (Å²) in [7, 11) is -1.32. The minimum absolute atomic E-state index is 0.239. The Morgan fingerprint density at radius 2 is 1.74 bits per heavy atom. The summed E-state index contributed by atoms with van der Waals surface area (Å²) in [6.07, 6.45) is 0. The molecule has 0 spiro atoms. The smallest absolute Gasteiger partial charge is 0.243 e. The molecule has 2 atom stereocenters. The number of likely N-dealkylation sites (N-methyl/N-ethyl adjacent to an activating group) is 1. The van der Waals surface area contributed by atoms with E-state index in [1.54, 1.807) is 22.5 Å². The first-order chi connectivity index (χ1) is 8.82. The first-order valence-electron chi connectivity index (χ1n) is 6.61. The Balaban J connectivity index is 2.30. The lowest BCUT2D eigenvalue weighted by Crippen LogP contribution is -2.56. The van der Waals surface area contributed by atoms with Crippen molar-refractivity contribution in [1.29, 1.82) is 0 Å². The topological polar surface area (TPSA) is 40.6 Å².